The lowest BCUT2D eigenvalue weighted by Crippen LogP contribution is -2.51. The van der Waals surface area contributed by atoms with Crippen LogP contribution in [-0.4, -0.2) is 31.0 Å². The molecule has 2 aliphatic rings. The fraction of sp³-hybridized carbons (Fsp3) is 0.588. The lowest BCUT2D eigenvalue weighted by atomic mass is 9.60. The van der Waals surface area contributed by atoms with Gasteiger partial charge in [0, 0.05) is 25.9 Å². The van der Waals surface area contributed by atoms with E-state index in [-0.39, 0.29) is 11.3 Å². The van der Waals surface area contributed by atoms with Gasteiger partial charge in [0.1, 0.15) is 5.75 Å². The molecule has 3 nitrogen and oxygen atoms in total. The minimum atomic E-state index is 0.0918. The molecule has 3 rings (SSSR count). The van der Waals surface area contributed by atoms with E-state index in [1.165, 1.54) is 17.5 Å². The van der Waals surface area contributed by atoms with Crippen molar-refractivity contribution in [1.29, 1.82) is 0 Å². The summed E-state index contributed by atoms with van der Waals surface area (Å²) in [6.07, 6.45) is 1.19. The monoisotopic (exact) mass is 273 g/mol. The molecule has 0 radical (unpaired) electrons. The molecule has 1 aromatic rings. The van der Waals surface area contributed by atoms with E-state index >= 15 is 0 Å². The van der Waals surface area contributed by atoms with Gasteiger partial charge in [-0.15, -0.1) is 0 Å². The predicted octanol–water partition coefficient (Wildman–Crippen LogP) is 2.94. The lowest BCUT2D eigenvalue weighted by Gasteiger charge is -2.50. The minimum Gasteiger partial charge on any atom is -0.497 e. The van der Waals surface area contributed by atoms with Crippen LogP contribution in [0.4, 0.5) is 0 Å². The molecule has 1 aliphatic heterocycles. The summed E-state index contributed by atoms with van der Waals surface area (Å²) in [6.45, 7) is 8.03. The molecular weight excluding hydrogens is 250 g/mol. The first-order chi connectivity index (χ1) is 9.43. The summed E-state index contributed by atoms with van der Waals surface area (Å²) in [6, 6.07) is 6.43. The highest BCUT2D eigenvalue weighted by Gasteiger charge is 2.45. The van der Waals surface area contributed by atoms with E-state index in [0.29, 0.717) is 11.8 Å². The Balaban J connectivity index is 2.07. The Morgan fingerprint density at radius 2 is 2.10 bits per heavy atom. The van der Waals surface area contributed by atoms with Crippen LogP contribution in [0.3, 0.4) is 0 Å². The maximum atomic E-state index is 11.8. The number of nitrogens with zero attached hydrogens (tertiary/aromatic N) is 1. The minimum absolute atomic E-state index is 0.0918. The molecule has 1 saturated heterocycles. The molecule has 2 bridgehead atoms. The number of ether oxygens (including phenoxy) is 1. The van der Waals surface area contributed by atoms with Gasteiger partial charge in [0.15, 0.2) is 0 Å². The normalized spacial score (nSPS) is 26.9. The van der Waals surface area contributed by atoms with Gasteiger partial charge in [-0.05, 0) is 41.0 Å². The standard InChI is InChI=1S/C17H23NO2/c1-11(19)18-9-12-7-13(10-18)17(2,3)16-8-14(20-4)5-6-15(12)16/h5-6,8,12-13H,7,9-10H2,1-4H3. The molecule has 1 amide bonds. The van der Waals surface area contributed by atoms with Gasteiger partial charge in [0.2, 0.25) is 5.91 Å². The third-order valence-corrected chi connectivity index (χ3v) is 5.31. The van der Waals surface area contributed by atoms with Crippen molar-refractivity contribution in [2.45, 2.75) is 38.5 Å². The molecule has 0 N–H and O–H groups in total. The van der Waals surface area contributed by atoms with Gasteiger partial charge in [-0.1, -0.05) is 19.9 Å². The number of carbonyl (C=O) groups is 1. The highest BCUT2D eigenvalue weighted by Crippen LogP contribution is 2.50. The highest BCUT2D eigenvalue weighted by molar-refractivity contribution is 5.73. The number of methoxy groups -OCH3 is 1. The molecule has 1 aromatic carbocycles. The number of fused-ring (bicyclic) bond motifs is 4. The van der Waals surface area contributed by atoms with E-state index in [2.05, 4.69) is 26.0 Å². The maximum Gasteiger partial charge on any atom is 0.219 e. The van der Waals surface area contributed by atoms with Gasteiger partial charge >= 0.3 is 0 Å². The van der Waals surface area contributed by atoms with Crippen LogP contribution < -0.4 is 4.74 Å². The van der Waals surface area contributed by atoms with Crippen molar-refractivity contribution in [2.75, 3.05) is 20.2 Å². The summed E-state index contributed by atoms with van der Waals surface area (Å²) in [5.74, 6) is 2.14. The van der Waals surface area contributed by atoms with Gasteiger partial charge in [-0.3, -0.25) is 4.79 Å². The van der Waals surface area contributed by atoms with Gasteiger partial charge in [0.05, 0.1) is 7.11 Å². The Morgan fingerprint density at radius 3 is 2.75 bits per heavy atom. The number of hydrogen-bond donors (Lipinski definition) is 0. The van der Waals surface area contributed by atoms with Crippen LogP contribution in [0.5, 0.6) is 5.75 Å². The molecular formula is C17H23NO2. The van der Waals surface area contributed by atoms with Crippen LogP contribution >= 0.6 is 0 Å². The van der Waals surface area contributed by atoms with Crippen molar-refractivity contribution < 1.29 is 9.53 Å². The van der Waals surface area contributed by atoms with Crippen LogP contribution in [0.25, 0.3) is 0 Å². The van der Waals surface area contributed by atoms with Crippen LogP contribution in [0, 0.1) is 5.92 Å². The van der Waals surface area contributed by atoms with Crippen LogP contribution in [0.1, 0.15) is 44.2 Å². The summed E-state index contributed by atoms with van der Waals surface area (Å²) in [5.41, 5.74) is 2.90. The topological polar surface area (TPSA) is 29.5 Å². The molecule has 0 spiro atoms. The van der Waals surface area contributed by atoms with Crippen molar-refractivity contribution in [3.05, 3.63) is 29.3 Å². The smallest absolute Gasteiger partial charge is 0.219 e. The Hall–Kier alpha value is -1.51. The Morgan fingerprint density at radius 1 is 1.35 bits per heavy atom. The molecule has 1 fully saturated rings. The molecule has 0 aromatic heterocycles. The van der Waals surface area contributed by atoms with Crippen molar-refractivity contribution in [2.24, 2.45) is 5.92 Å². The molecule has 0 saturated carbocycles. The zero-order valence-corrected chi connectivity index (χ0v) is 12.8. The van der Waals surface area contributed by atoms with E-state index in [1.54, 1.807) is 14.0 Å². The van der Waals surface area contributed by atoms with Crippen LogP contribution in [0.15, 0.2) is 18.2 Å². The van der Waals surface area contributed by atoms with Crippen molar-refractivity contribution in [3.63, 3.8) is 0 Å². The van der Waals surface area contributed by atoms with Crippen molar-refractivity contribution >= 4 is 5.91 Å². The Kier molecular flexibility index (Phi) is 3.03. The third-order valence-electron chi connectivity index (χ3n) is 5.31. The van der Waals surface area contributed by atoms with Gasteiger partial charge < -0.3 is 9.64 Å². The molecule has 20 heavy (non-hydrogen) atoms. The fourth-order valence-corrected chi connectivity index (χ4v) is 3.90. The molecule has 2 atom stereocenters. The molecule has 1 aliphatic carbocycles. The van der Waals surface area contributed by atoms with E-state index in [1.807, 2.05) is 11.0 Å². The van der Waals surface area contributed by atoms with Gasteiger partial charge in [-0.25, -0.2) is 0 Å². The number of amides is 1. The largest absolute Gasteiger partial charge is 0.497 e. The zero-order valence-electron chi connectivity index (χ0n) is 12.8. The number of carbonyl (C=O) groups excluding carboxylic acids is 1. The zero-order chi connectivity index (χ0) is 14.5. The summed E-state index contributed by atoms with van der Waals surface area (Å²) in [5, 5.41) is 0. The summed E-state index contributed by atoms with van der Waals surface area (Å²) < 4.78 is 5.39. The molecule has 3 heteroatoms. The van der Waals surface area contributed by atoms with E-state index in [0.717, 1.165) is 18.8 Å². The number of benzene rings is 1. The molecule has 108 valence electrons. The van der Waals surface area contributed by atoms with Crippen LogP contribution in [0.2, 0.25) is 0 Å². The van der Waals surface area contributed by atoms with Crippen molar-refractivity contribution in [1.82, 2.24) is 4.90 Å². The second-order valence-corrected chi connectivity index (χ2v) is 6.73. The number of rotatable bonds is 1. The molecule has 1 heterocycles. The average molecular weight is 273 g/mol. The first kappa shape index (κ1) is 13.5. The SMILES string of the molecule is COc1ccc2c(c1)C(C)(C)C1CC2CN(C(C)=O)C1. The number of likely N-dealkylation sites (tertiary alicyclic amines) is 1. The van der Waals surface area contributed by atoms with Crippen molar-refractivity contribution in [3.8, 4) is 5.75 Å². The van der Waals surface area contributed by atoms with E-state index in [4.69, 9.17) is 4.74 Å². The van der Waals surface area contributed by atoms with E-state index in [9.17, 15) is 4.79 Å². The Labute approximate surface area is 120 Å². The molecule has 2 unspecified atom stereocenters. The summed E-state index contributed by atoms with van der Waals surface area (Å²) in [7, 11) is 1.72. The lowest BCUT2D eigenvalue weighted by molar-refractivity contribution is -0.131. The predicted molar refractivity (Wildman–Crippen MR) is 79.1 cm³/mol. The van der Waals surface area contributed by atoms with E-state index < -0.39 is 0 Å². The second kappa shape index (κ2) is 4.51. The quantitative estimate of drug-likeness (QED) is 0.787. The highest BCUT2D eigenvalue weighted by atomic mass is 16.5. The summed E-state index contributed by atoms with van der Waals surface area (Å²) in [4.78, 5) is 13.8. The summed E-state index contributed by atoms with van der Waals surface area (Å²) >= 11 is 0. The van der Waals surface area contributed by atoms with Crippen LogP contribution in [-0.2, 0) is 10.2 Å². The second-order valence-electron chi connectivity index (χ2n) is 6.73. The number of hydrogen-bond acceptors (Lipinski definition) is 2. The first-order valence-corrected chi connectivity index (χ1v) is 7.37. The fourth-order valence-electron chi connectivity index (χ4n) is 3.90. The Bertz CT molecular complexity index is 550. The van der Waals surface area contributed by atoms with Gasteiger partial charge in [-0.2, -0.15) is 0 Å². The first-order valence-electron chi connectivity index (χ1n) is 7.37. The average Bonchev–Trinajstić information content (AvgIpc) is 2.44. The van der Waals surface area contributed by atoms with Gasteiger partial charge in [0.25, 0.3) is 0 Å². The number of piperidine rings is 1. The maximum absolute atomic E-state index is 11.8. The third kappa shape index (κ3) is 1.91.